The van der Waals surface area contributed by atoms with Gasteiger partial charge in [0.05, 0.1) is 0 Å². The summed E-state index contributed by atoms with van der Waals surface area (Å²) in [5, 5.41) is 12.6. The Hall–Kier alpha value is -4.30. The Bertz CT molecular complexity index is 1330. The number of hydrogen-bond acceptors (Lipinski definition) is 5. The minimum Gasteiger partial charge on any atom is -0.454 e. The molecule has 3 N–H and O–H groups in total. The van der Waals surface area contributed by atoms with Crippen molar-refractivity contribution in [3.8, 4) is 11.5 Å². The Labute approximate surface area is 182 Å². The highest BCUT2D eigenvalue weighted by Crippen LogP contribution is 2.34. The predicted molar refractivity (Wildman–Crippen MR) is 117 cm³/mol. The van der Waals surface area contributed by atoms with E-state index in [0.29, 0.717) is 34.9 Å². The molecule has 4 aromatic rings. The second-order valence-electron chi connectivity index (χ2n) is 7.38. The van der Waals surface area contributed by atoms with Gasteiger partial charge in [-0.2, -0.15) is 0 Å². The van der Waals surface area contributed by atoms with Crippen LogP contribution in [0.25, 0.3) is 10.9 Å². The smallest absolute Gasteiger partial charge is 0.274 e. The van der Waals surface area contributed by atoms with Crippen molar-refractivity contribution in [3.05, 3.63) is 89.6 Å². The molecule has 0 unspecified atom stereocenters. The molecule has 32 heavy (non-hydrogen) atoms. The van der Waals surface area contributed by atoms with Crippen molar-refractivity contribution >= 4 is 28.4 Å². The van der Waals surface area contributed by atoms with Crippen LogP contribution in [0.4, 0.5) is 5.69 Å². The van der Waals surface area contributed by atoms with E-state index in [2.05, 4.69) is 9.88 Å². The fraction of sp³-hybridized carbons (Fsp3) is 0.0833. The lowest BCUT2D eigenvalue weighted by atomic mass is 10.1. The normalized spacial score (nSPS) is 12.0. The Morgan fingerprint density at radius 1 is 0.875 bits per heavy atom. The summed E-state index contributed by atoms with van der Waals surface area (Å²) >= 11 is 0. The molecule has 0 bridgehead atoms. The molecule has 0 atom stereocenters. The SMILES string of the molecule is O=C(NO)c1ccc(Cn2ccc3cc(C(=O)Nc4ccc5c(c4)OCO5)ccc32)cc1. The van der Waals surface area contributed by atoms with E-state index in [-0.39, 0.29) is 12.7 Å². The molecule has 0 aliphatic carbocycles. The highest BCUT2D eigenvalue weighted by Gasteiger charge is 2.15. The van der Waals surface area contributed by atoms with Gasteiger partial charge in [-0.05, 0) is 54.1 Å². The third-order valence-corrected chi connectivity index (χ3v) is 5.33. The second-order valence-corrected chi connectivity index (χ2v) is 7.38. The van der Waals surface area contributed by atoms with Crippen molar-refractivity contribution in [2.45, 2.75) is 6.54 Å². The molecule has 2 amide bonds. The number of hydroxylamine groups is 1. The van der Waals surface area contributed by atoms with Crippen LogP contribution < -0.4 is 20.3 Å². The van der Waals surface area contributed by atoms with Crippen LogP contribution in [-0.2, 0) is 6.54 Å². The lowest BCUT2D eigenvalue weighted by Gasteiger charge is -2.09. The number of hydrogen-bond donors (Lipinski definition) is 3. The fourth-order valence-corrected chi connectivity index (χ4v) is 3.68. The molecule has 1 aliphatic rings. The van der Waals surface area contributed by atoms with Gasteiger partial charge in [0, 0.05) is 46.5 Å². The summed E-state index contributed by atoms with van der Waals surface area (Å²) in [6.07, 6.45) is 1.96. The molecule has 1 aromatic heterocycles. The molecule has 8 heteroatoms. The summed E-state index contributed by atoms with van der Waals surface area (Å²) in [6, 6.07) is 19.8. The van der Waals surface area contributed by atoms with E-state index in [4.69, 9.17) is 14.7 Å². The number of amides is 2. The summed E-state index contributed by atoms with van der Waals surface area (Å²) in [7, 11) is 0. The van der Waals surface area contributed by atoms with Crippen LogP contribution in [0.1, 0.15) is 26.3 Å². The summed E-state index contributed by atoms with van der Waals surface area (Å²) < 4.78 is 12.7. The van der Waals surface area contributed by atoms with Gasteiger partial charge in [0.15, 0.2) is 11.5 Å². The zero-order valence-electron chi connectivity index (χ0n) is 16.9. The van der Waals surface area contributed by atoms with E-state index in [9.17, 15) is 9.59 Å². The van der Waals surface area contributed by atoms with Gasteiger partial charge in [0.1, 0.15) is 0 Å². The van der Waals surface area contributed by atoms with Crippen molar-refractivity contribution in [3.63, 3.8) is 0 Å². The molecular formula is C24H19N3O5. The Balaban J connectivity index is 1.32. The Morgan fingerprint density at radius 2 is 1.66 bits per heavy atom. The van der Waals surface area contributed by atoms with E-state index in [1.54, 1.807) is 41.9 Å². The number of anilines is 1. The molecular weight excluding hydrogens is 410 g/mol. The van der Waals surface area contributed by atoms with Crippen molar-refractivity contribution in [2.24, 2.45) is 0 Å². The zero-order chi connectivity index (χ0) is 22.1. The van der Waals surface area contributed by atoms with E-state index >= 15 is 0 Å². The van der Waals surface area contributed by atoms with Gasteiger partial charge in [0.25, 0.3) is 11.8 Å². The first-order valence-electron chi connectivity index (χ1n) is 9.94. The van der Waals surface area contributed by atoms with Gasteiger partial charge < -0.3 is 19.4 Å². The monoisotopic (exact) mass is 429 g/mol. The summed E-state index contributed by atoms with van der Waals surface area (Å²) in [5.74, 6) is 0.517. The highest BCUT2D eigenvalue weighted by molar-refractivity contribution is 6.06. The van der Waals surface area contributed by atoms with E-state index < -0.39 is 5.91 Å². The average Bonchev–Trinajstić information content (AvgIpc) is 3.45. The fourth-order valence-electron chi connectivity index (χ4n) is 3.68. The third kappa shape index (κ3) is 3.75. The van der Waals surface area contributed by atoms with Crippen LogP contribution >= 0.6 is 0 Å². The predicted octanol–water partition coefficient (Wildman–Crippen LogP) is 3.79. The van der Waals surface area contributed by atoms with Crippen LogP contribution in [0.15, 0.2) is 72.9 Å². The molecule has 0 saturated heterocycles. The first-order chi connectivity index (χ1) is 15.6. The molecule has 8 nitrogen and oxygen atoms in total. The topological polar surface area (TPSA) is 102 Å². The maximum absolute atomic E-state index is 12.7. The van der Waals surface area contributed by atoms with Gasteiger partial charge in [-0.1, -0.05) is 12.1 Å². The zero-order valence-corrected chi connectivity index (χ0v) is 16.9. The van der Waals surface area contributed by atoms with Crippen molar-refractivity contribution < 1.29 is 24.3 Å². The lowest BCUT2D eigenvalue weighted by molar-refractivity contribution is 0.0706. The van der Waals surface area contributed by atoms with E-state index in [1.165, 1.54) is 0 Å². The maximum Gasteiger partial charge on any atom is 0.274 e. The number of nitrogens with zero attached hydrogens (tertiary/aromatic N) is 1. The number of aromatic nitrogens is 1. The van der Waals surface area contributed by atoms with Crippen LogP contribution in [0.3, 0.4) is 0 Å². The number of carbonyl (C=O) groups is 2. The minimum absolute atomic E-state index is 0.183. The number of carbonyl (C=O) groups excluding carboxylic acids is 2. The van der Waals surface area contributed by atoms with E-state index in [1.807, 2.05) is 36.5 Å². The van der Waals surface area contributed by atoms with Gasteiger partial charge in [-0.3, -0.25) is 14.8 Å². The van der Waals surface area contributed by atoms with Gasteiger partial charge in [-0.25, -0.2) is 5.48 Å². The number of fused-ring (bicyclic) bond motifs is 2. The number of rotatable bonds is 5. The minimum atomic E-state index is -0.547. The molecule has 0 radical (unpaired) electrons. The maximum atomic E-state index is 12.7. The summed E-state index contributed by atoms with van der Waals surface area (Å²) in [6.45, 7) is 0.787. The quantitative estimate of drug-likeness (QED) is 0.331. The average molecular weight is 429 g/mol. The molecule has 2 heterocycles. The lowest BCUT2D eigenvalue weighted by Crippen LogP contribution is -2.18. The Kier molecular flexibility index (Phi) is 4.97. The molecule has 0 spiro atoms. The standard InChI is InChI=1S/C24H19N3O5/c28-23(25-19-6-8-21-22(12-19)32-14-31-21)18-5-7-20-17(11-18)9-10-27(20)13-15-1-3-16(4-2-15)24(29)26-30/h1-12,30H,13-14H2,(H,25,28)(H,26,29). The van der Waals surface area contributed by atoms with Crippen molar-refractivity contribution in [1.82, 2.24) is 10.0 Å². The van der Waals surface area contributed by atoms with Gasteiger partial charge >= 0.3 is 0 Å². The van der Waals surface area contributed by atoms with E-state index in [0.717, 1.165) is 16.5 Å². The van der Waals surface area contributed by atoms with Crippen LogP contribution in [0.2, 0.25) is 0 Å². The number of nitrogens with one attached hydrogen (secondary N) is 2. The summed E-state index contributed by atoms with van der Waals surface area (Å²) in [4.78, 5) is 24.2. The molecule has 0 saturated carbocycles. The molecule has 160 valence electrons. The van der Waals surface area contributed by atoms with Crippen molar-refractivity contribution in [1.29, 1.82) is 0 Å². The second kappa shape index (κ2) is 8.09. The molecule has 3 aromatic carbocycles. The van der Waals surface area contributed by atoms with Gasteiger partial charge in [0.2, 0.25) is 6.79 Å². The van der Waals surface area contributed by atoms with Crippen molar-refractivity contribution in [2.75, 3.05) is 12.1 Å². The molecule has 0 fully saturated rings. The first kappa shape index (κ1) is 19.7. The molecule has 5 rings (SSSR count). The van der Waals surface area contributed by atoms with Gasteiger partial charge in [-0.15, -0.1) is 0 Å². The summed E-state index contributed by atoms with van der Waals surface area (Å²) in [5.41, 5.74) is 5.18. The third-order valence-electron chi connectivity index (χ3n) is 5.33. The molecule has 1 aliphatic heterocycles. The largest absolute Gasteiger partial charge is 0.454 e. The first-order valence-corrected chi connectivity index (χ1v) is 9.94. The van der Waals surface area contributed by atoms with Crippen LogP contribution in [0, 0.1) is 0 Å². The Morgan fingerprint density at radius 3 is 2.47 bits per heavy atom. The van der Waals surface area contributed by atoms with Crippen LogP contribution in [0.5, 0.6) is 11.5 Å². The van der Waals surface area contributed by atoms with Crippen LogP contribution in [-0.4, -0.2) is 28.4 Å². The number of ether oxygens (including phenoxy) is 2. The number of benzene rings is 3. The highest BCUT2D eigenvalue weighted by atomic mass is 16.7.